The number of aromatic nitrogens is 1. The summed E-state index contributed by atoms with van der Waals surface area (Å²) in [4.78, 5) is 44.8. The number of hydrogen-bond acceptors (Lipinski definition) is 4. The van der Waals surface area contributed by atoms with Crippen LogP contribution in [0.2, 0.25) is 0 Å². The number of carbonyl (C=O) groups is 3. The number of likely N-dealkylation sites (tertiary alicyclic amines) is 2. The molecule has 1 atom stereocenters. The van der Waals surface area contributed by atoms with Gasteiger partial charge in [-0.15, -0.1) is 0 Å². The van der Waals surface area contributed by atoms with Gasteiger partial charge in [0.2, 0.25) is 11.8 Å². The van der Waals surface area contributed by atoms with Crippen molar-refractivity contribution in [2.24, 2.45) is 0 Å². The minimum atomic E-state index is -0.275. The third-order valence-electron chi connectivity index (χ3n) is 6.22. The Labute approximate surface area is 170 Å². The molecule has 29 heavy (non-hydrogen) atoms. The van der Waals surface area contributed by atoms with Crippen LogP contribution in [-0.4, -0.2) is 63.7 Å². The van der Waals surface area contributed by atoms with Crippen LogP contribution in [0.5, 0.6) is 0 Å². The first-order valence-electron chi connectivity index (χ1n) is 10.1. The number of pyridine rings is 1. The number of hydrogen-bond donors (Lipinski definition) is 1. The van der Waals surface area contributed by atoms with Crippen LogP contribution in [0.3, 0.4) is 0 Å². The van der Waals surface area contributed by atoms with Crippen molar-refractivity contribution in [2.45, 2.75) is 44.7 Å². The summed E-state index contributed by atoms with van der Waals surface area (Å²) < 4.78 is 0. The summed E-state index contributed by atoms with van der Waals surface area (Å²) in [7, 11) is 0. The molecule has 0 radical (unpaired) electrons. The van der Waals surface area contributed by atoms with Gasteiger partial charge in [0.05, 0.1) is 5.52 Å². The topological polar surface area (TPSA) is 82.6 Å². The lowest BCUT2D eigenvalue weighted by Gasteiger charge is -2.44. The van der Waals surface area contributed by atoms with Crippen molar-refractivity contribution in [1.82, 2.24) is 20.1 Å². The molecule has 152 valence electrons. The maximum Gasteiger partial charge on any atom is 0.253 e. The number of rotatable bonds is 2. The Hall–Kier alpha value is -2.96. The van der Waals surface area contributed by atoms with Crippen molar-refractivity contribution in [3.63, 3.8) is 0 Å². The molecular weight excluding hydrogens is 368 g/mol. The van der Waals surface area contributed by atoms with Crippen molar-refractivity contribution < 1.29 is 14.4 Å². The zero-order valence-electron chi connectivity index (χ0n) is 16.9. The lowest BCUT2D eigenvalue weighted by molar-refractivity contribution is -0.134. The fourth-order valence-corrected chi connectivity index (χ4v) is 4.89. The van der Waals surface area contributed by atoms with Crippen LogP contribution in [0.4, 0.5) is 0 Å². The van der Waals surface area contributed by atoms with Crippen LogP contribution in [0.25, 0.3) is 10.9 Å². The molecule has 0 saturated carbocycles. The molecule has 2 aliphatic heterocycles. The molecule has 3 amide bonds. The van der Waals surface area contributed by atoms with E-state index in [0.717, 1.165) is 30.2 Å². The van der Waals surface area contributed by atoms with Gasteiger partial charge in [0.25, 0.3) is 5.91 Å². The van der Waals surface area contributed by atoms with Gasteiger partial charge in [-0.2, -0.15) is 0 Å². The highest BCUT2D eigenvalue weighted by molar-refractivity contribution is 5.98. The summed E-state index contributed by atoms with van der Waals surface area (Å²) in [5.41, 5.74) is 1.25. The molecule has 4 rings (SSSR count). The third kappa shape index (κ3) is 3.69. The van der Waals surface area contributed by atoms with Crippen molar-refractivity contribution in [3.8, 4) is 0 Å². The first kappa shape index (κ1) is 19.4. The Morgan fingerprint density at radius 2 is 1.90 bits per heavy atom. The first-order chi connectivity index (χ1) is 13.9. The van der Waals surface area contributed by atoms with Gasteiger partial charge in [0.15, 0.2) is 0 Å². The molecule has 2 aromatic rings. The van der Waals surface area contributed by atoms with Crippen LogP contribution >= 0.6 is 0 Å². The zero-order chi connectivity index (χ0) is 20.6. The van der Waals surface area contributed by atoms with Gasteiger partial charge in [-0.25, -0.2) is 0 Å². The van der Waals surface area contributed by atoms with E-state index in [-0.39, 0.29) is 29.3 Å². The molecule has 1 N–H and O–H groups in total. The monoisotopic (exact) mass is 394 g/mol. The van der Waals surface area contributed by atoms with Crippen molar-refractivity contribution in [3.05, 3.63) is 42.1 Å². The minimum absolute atomic E-state index is 0.0105. The third-order valence-corrected chi connectivity index (χ3v) is 6.22. The van der Waals surface area contributed by atoms with Gasteiger partial charge in [-0.1, -0.05) is 6.07 Å². The molecule has 0 aliphatic carbocycles. The zero-order valence-corrected chi connectivity index (χ0v) is 16.9. The van der Waals surface area contributed by atoms with Crippen LogP contribution in [0, 0.1) is 0 Å². The van der Waals surface area contributed by atoms with Crippen LogP contribution in [0.15, 0.2) is 36.5 Å². The van der Waals surface area contributed by atoms with E-state index in [1.165, 1.54) is 6.92 Å². The van der Waals surface area contributed by atoms with E-state index < -0.39 is 0 Å². The number of piperidine rings is 1. The number of nitrogens with one attached hydrogen (secondary N) is 1. The van der Waals surface area contributed by atoms with Crippen LogP contribution in [0.1, 0.15) is 43.5 Å². The van der Waals surface area contributed by atoms with E-state index in [9.17, 15) is 14.4 Å². The molecule has 2 aliphatic rings. The Morgan fingerprint density at radius 3 is 2.59 bits per heavy atom. The average Bonchev–Trinajstić information content (AvgIpc) is 3.04. The highest BCUT2D eigenvalue weighted by atomic mass is 16.2. The second-order valence-electron chi connectivity index (χ2n) is 8.16. The molecule has 1 spiro atoms. The Morgan fingerprint density at radius 1 is 1.14 bits per heavy atom. The van der Waals surface area contributed by atoms with Crippen LogP contribution < -0.4 is 5.32 Å². The summed E-state index contributed by atoms with van der Waals surface area (Å²) in [6.07, 6.45) is 3.94. The van der Waals surface area contributed by atoms with E-state index >= 15 is 0 Å². The summed E-state index contributed by atoms with van der Waals surface area (Å²) >= 11 is 0. The van der Waals surface area contributed by atoms with Crippen molar-refractivity contribution >= 4 is 28.6 Å². The molecule has 0 bridgehead atoms. The number of benzene rings is 1. The van der Waals surface area contributed by atoms with Gasteiger partial charge in [0.1, 0.15) is 0 Å². The summed E-state index contributed by atoms with van der Waals surface area (Å²) in [5, 5.41) is 3.90. The van der Waals surface area contributed by atoms with E-state index in [2.05, 4.69) is 10.3 Å². The number of amides is 3. The quantitative estimate of drug-likeness (QED) is 0.844. The molecule has 1 unspecified atom stereocenters. The lowest BCUT2D eigenvalue weighted by atomic mass is 9.83. The predicted molar refractivity (Wildman–Crippen MR) is 109 cm³/mol. The average molecular weight is 394 g/mol. The van der Waals surface area contributed by atoms with E-state index in [1.54, 1.807) is 13.1 Å². The van der Waals surface area contributed by atoms with E-state index in [4.69, 9.17) is 0 Å². The van der Waals surface area contributed by atoms with Gasteiger partial charge in [-0.3, -0.25) is 19.4 Å². The highest BCUT2D eigenvalue weighted by Gasteiger charge is 2.49. The normalized spacial score (nSPS) is 20.8. The maximum atomic E-state index is 13.0. The number of nitrogens with zero attached hydrogens (tertiary/aromatic N) is 3. The second-order valence-corrected chi connectivity index (χ2v) is 8.16. The Kier molecular flexibility index (Phi) is 4.98. The second kappa shape index (κ2) is 7.46. The molecule has 7 heteroatoms. The molecule has 1 aromatic heterocycles. The van der Waals surface area contributed by atoms with E-state index in [0.29, 0.717) is 25.2 Å². The van der Waals surface area contributed by atoms with Gasteiger partial charge < -0.3 is 15.1 Å². The SMILES string of the molecule is CC(=O)NC1CN(C(C)=O)C2(CCN(C(=O)c3ccc4ncccc4c3)CC2)C1. The summed E-state index contributed by atoms with van der Waals surface area (Å²) in [6, 6.07) is 9.39. The van der Waals surface area contributed by atoms with Crippen LogP contribution in [-0.2, 0) is 9.59 Å². The molecule has 2 fully saturated rings. The number of carbonyl (C=O) groups excluding carboxylic acids is 3. The lowest BCUT2D eigenvalue weighted by Crippen LogP contribution is -2.54. The maximum absolute atomic E-state index is 13.0. The van der Waals surface area contributed by atoms with Gasteiger partial charge in [-0.05, 0) is 43.5 Å². The largest absolute Gasteiger partial charge is 0.352 e. The predicted octanol–water partition coefficient (Wildman–Crippen LogP) is 1.97. The molecule has 2 saturated heterocycles. The summed E-state index contributed by atoms with van der Waals surface area (Å²) in [6.45, 7) is 4.82. The molecule has 7 nitrogen and oxygen atoms in total. The molecule has 3 heterocycles. The minimum Gasteiger partial charge on any atom is -0.352 e. The Balaban J connectivity index is 1.48. The van der Waals surface area contributed by atoms with Crippen molar-refractivity contribution in [1.29, 1.82) is 0 Å². The smallest absolute Gasteiger partial charge is 0.253 e. The highest BCUT2D eigenvalue weighted by Crippen LogP contribution is 2.39. The van der Waals surface area contributed by atoms with Gasteiger partial charge >= 0.3 is 0 Å². The van der Waals surface area contributed by atoms with E-state index in [1.807, 2.05) is 40.1 Å². The molecular formula is C22H26N4O3. The first-order valence-corrected chi connectivity index (χ1v) is 10.1. The summed E-state index contributed by atoms with van der Waals surface area (Å²) in [5.74, 6) is -0.0370. The fourth-order valence-electron chi connectivity index (χ4n) is 4.89. The number of fused-ring (bicyclic) bond motifs is 1. The molecule has 1 aromatic carbocycles. The van der Waals surface area contributed by atoms with Crippen molar-refractivity contribution in [2.75, 3.05) is 19.6 Å². The van der Waals surface area contributed by atoms with Gasteiger partial charge in [0, 0.05) is 62.2 Å². The Bertz CT molecular complexity index is 965. The standard InChI is InChI=1S/C22H26N4O3/c1-15(27)24-19-13-22(26(14-19)16(2)28)7-10-25(11-8-22)21(29)18-5-6-20-17(12-18)4-3-9-23-20/h3-6,9,12,19H,7-8,10-11,13-14H2,1-2H3,(H,24,27). The fraction of sp³-hybridized carbons (Fsp3) is 0.455.